The van der Waals surface area contributed by atoms with Gasteiger partial charge >= 0.3 is 11.7 Å². The zero-order valence-corrected chi connectivity index (χ0v) is 11.2. The Labute approximate surface area is 119 Å². The van der Waals surface area contributed by atoms with Gasteiger partial charge in [-0.3, -0.25) is 14.9 Å². The van der Waals surface area contributed by atoms with Gasteiger partial charge in [-0.1, -0.05) is 0 Å². The lowest BCUT2D eigenvalue weighted by Gasteiger charge is -2.12. The monoisotopic (exact) mass is 314 g/mol. The minimum atomic E-state index is -4.34. The van der Waals surface area contributed by atoms with Crippen LogP contribution >= 0.6 is 0 Å². The van der Waals surface area contributed by atoms with Crippen LogP contribution in [0.3, 0.4) is 0 Å². The maximum absolute atomic E-state index is 12.0. The van der Waals surface area contributed by atoms with Gasteiger partial charge in [0.05, 0.1) is 9.82 Å². The molecular formula is C11H10N2O7S. The number of hydrogen-bond acceptors (Lipinski definition) is 6. The van der Waals surface area contributed by atoms with E-state index in [-0.39, 0.29) is 0 Å². The lowest BCUT2D eigenvalue weighted by atomic mass is 10.2. The zero-order chi connectivity index (χ0) is 16.2. The topological polar surface area (TPSA) is 147 Å². The lowest BCUT2D eigenvalue weighted by molar-refractivity contribution is -0.386. The molecule has 3 N–H and O–H groups in total. The number of hydrogen-bond donors (Lipinski definition) is 3. The van der Waals surface area contributed by atoms with Gasteiger partial charge in [0.1, 0.15) is 6.04 Å². The van der Waals surface area contributed by atoms with E-state index in [1.54, 1.807) is 0 Å². The number of terminal acetylenes is 1. The Balaban J connectivity index is 3.20. The predicted octanol–water partition coefficient (Wildman–Crippen LogP) is 0.0552. The van der Waals surface area contributed by atoms with Crippen molar-refractivity contribution in [1.29, 1.82) is 0 Å². The van der Waals surface area contributed by atoms with E-state index in [1.807, 2.05) is 10.6 Å². The number of phenolic OH excluding ortho intramolecular Hbond substituents is 1. The molecule has 0 saturated heterocycles. The van der Waals surface area contributed by atoms with E-state index >= 15 is 0 Å². The van der Waals surface area contributed by atoms with Crippen LogP contribution in [0.5, 0.6) is 5.75 Å². The van der Waals surface area contributed by atoms with Crippen molar-refractivity contribution in [1.82, 2.24) is 4.72 Å². The molecule has 0 aliphatic rings. The summed E-state index contributed by atoms with van der Waals surface area (Å²) in [7, 11) is -4.34. The summed E-state index contributed by atoms with van der Waals surface area (Å²) in [6, 6.07) is 0.781. The molecule has 1 aromatic rings. The van der Waals surface area contributed by atoms with E-state index in [9.17, 15) is 28.4 Å². The number of nitrogens with zero attached hydrogens (tertiary/aromatic N) is 1. The van der Waals surface area contributed by atoms with Crippen LogP contribution in [0.25, 0.3) is 0 Å². The Hall–Kier alpha value is -2.64. The maximum Gasteiger partial charge on any atom is 0.322 e. The molecule has 0 aromatic heterocycles. The number of aliphatic carboxylic acids is 1. The molecule has 1 rings (SSSR count). The number of benzene rings is 1. The minimum absolute atomic E-state index is 0.394. The molecule has 0 aliphatic heterocycles. The van der Waals surface area contributed by atoms with Crippen LogP contribution in [0.4, 0.5) is 5.69 Å². The quantitative estimate of drug-likeness (QED) is 0.382. The van der Waals surface area contributed by atoms with Crippen LogP contribution in [0.2, 0.25) is 0 Å². The summed E-state index contributed by atoms with van der Waals surface area (Å²) in [6.45, 7) is 0. The molecule has 0 fully saturated rings. The summed E-state index contributed by atoms with van der Waals surface area (Å²) in [5.41, 5.74) is -0.818. The van der Waals surface area contributed by atoms with E-state index in [0.717, 1.165) is 12.1 Å². The van der Waals surface area contributed by atoms with Gasteiger partial charge in [-0.2, -0.15) is 4.72 Å². The molecule has 112 valence electrons. The van der Waals surface area contributed by atoms with Gasteiger partial charge in [0, 0.05) is 12.5 Å². The molecule has 10 heteroatoms. The van der Waals surface area contributed by atoms with Gasteiger partial charge in [-0.15, -0.1) is 12.3 Å². The normalized spacial score (nSPS) is 12.3. The third kappa shape index (κ3) is 3.91. The smallest absolute Gasteiger partial charge is 0.322 e. The van der Waals surface area contributed by atoms with E-state index in [2.05, 4.69) is 0 Å². The summed E-state index contributed by atoms with van der Waals surface area (Å²) in [5.74, 6) is -0.187. The summed E-state index contributed by atoms with van der Waals surface area (Å²) in [6.07, 6.45) is 4.54. The number of carboxylic acid groups (broad SMARTS) is 1. The minimum Gasteiger partial charge on any atom is -0.502 e. The summed E-state index contributed by atoms with van der Waals surface area (Å²) < 4.78 is 25.7. The Morgan fingerprint density at radius 2 is 2.14 bits per heavy atom. The summed E-state index contributed by atoms with van der Waals surface area (Å²) in [5, 5.41) is 28.7. The van der Waals surface area contributed by atoms with Crippen molar-refractivity contribution < 1.29 is 28.3 Å². The highest BCUT2D eigenvalue weighted by molar-refractivity contribution is 7.89. The number of nitrogens with one attached hydrogen (secondary N) is 1. The third-order valence-electron chi connectivity index (χ3n) is 2.37. The van der Waals surface area contributed by atoms with E-state index in [0.29, 0.717) is 6.07 Å². The number of sulfonamides is 1. The van der Waals surface area contributed by atoms with Gasteiger partial charge in [-0.05, 0) is 12.1 Å². The Morgan fingerprint density at radius 3 is 2.62 bits per heavy atom. The number of nitro groups is 1. The number of carbonyl (C=O) groups is 1. The average Bonchev–Trinajstić information content (AvgIpc) is 2.37. The highest BCUT2D eigenvalue weighted by atomic mass is 32.2. The first-order chi connectivity index (χ1) is 9.69. The van der Waals surface area contributed by atoms with Gasteiger partial charge in [0.25, 0.3) is 0 Å². The fraction of sp³-hybridized carbons (Fsp3) is 0.182. The van der Waals surface area contributed by atoms with Gasteiger partial charge in [-0.25, -0.2) is 8.42 Å². The number of nitro benzene ring substituents is 1. The SMILES string of the molecule is C#CCC(NS(=O)(=O)c1ccc(O)c([N+](=O)[O-])c1)C(=O)O. The summed E-state index contributed by atoms with van der Waals surface area (Å²) in [4.78, 5) is 20.0. The van der Waals surface area contributed by atoms with Crippen LogP contribution in [0, 0.1) is 22.5 Å². The standard InChI is InChI=1S/C11H10N2O7S/c1-2-3-8(11(15)16)12-21(19,20)7-4-5-10(14)9(6-7)13(17)18/h1,4-6,8,12,14H,3H2,(H,15,16). The highest BCUT2D eigenvalue weighted by Crippen LogP contribution is 2.28. The van der Waals surface area contributed by atoms with E-state index < -0.39 is 49.7 Å². The highest BCUT2D eigenvalue weighted by Gasteiger charge is 2.27. The molecule has 0 heterocycles. The molecule has 0 aliphatic carbocycles. The number of carboxylic acids is 1. The van der Waals surface area contributed by atoms with Crippen LogP contribution in [0.15, 0.2) is 23.1 Å². The molecule has 0 amide bonds. The van der Waals surface area contributed by atoms with Gasteiger partial charge in [0.15, 0.2) is 5.75 Å². The molecule has 1 unspecified atom stereocenters. The Morgan fingerprint density at radius 1 is 1.52 bits per heavy atom. The molecule has 1 atom stereocenters. The van der Waals surface area contributed by atoms with Gasteiger partial charge < -0.3 is 10.2 Å². The first-order valence-electron chi connectivity index (χ1n) is 5.35. The number of phenols is 1. The second-order valence-corrected chi connectivity index (χ2v) is 5.54. The molecule has 21 heavy (non-hydrogen) atoms. The van der Waals surface area contributed by atoms with Crippen LogP contribution in [0.1, 0.15) is 6.42 Å². The van der Waals surface area contributed by atoms with Crippen molar-refractivity contribution in [2.75, 3.05) is 0 Å². The largest absolute Gasteiger partial charge is 0.502 e. The zero-order valence-electron chi connectivity index (χ0n) is 10.4. The Bertz CT molecular complexity index is 721. The van der Waals surface area contributed by atoms with Crippen molar-refractivity contribution in [2.24, 2.45) is 0 Å². The van der Waals surface area contributed by atoms with Crippen LogP contribution in [-0.2, 0) is 14.8 Å². The Kier molecular flexibility index (Phi) is 4.85. The van der Waals surface area contributed by atoms with Crippen molar-refractivity contribution in [2.45, 2.75) is 17.4 Å². The molecule has 0 saturated carbocycles. The molecule has 0 spiro atoms. The molecule has 1 aromatic carbocycles. The molecule has 9 nitrogen and oxygen atoms in total. The van der Waals surface area contributed by atoms with E-state index in [4.69, 9.17) is 11.5 Å². The van der Waals surface area contributed by atoms with Crippen molar-refractivity contribution in [3.05, 3.63) is 28.3 Å². The first-order valence-corrected chi connectivity index (χ1v) is 6.83. The van der Waals surface area contributed by atoms with Crippen molar-refractivity contribution in [3.63, 3.8) is 0 Å². The van der Waals surface area contributed by atoms with Crippen LogP contribution in [-0.4, -0.2) is 35.6 Å². The third-order valence-corrected chi connectivity index (χ3v) is 3.84. The lowest BCUT2D eigenvalue weighted by Crippen LogP contribution is -2.40. The number of aromatic hydroxyl groups is 1. The fourth-order valence-electron chi connectivity index (χ4n) is 1.37. The second kappa shape index (κ2) is 6.21. The van der Waals surface area contributed by atoms with Gasteiger partial charge in [0.2, 0.25) is 10.0 Å². The van der Waals surface area contributed by atoms with Crippen molar-refractivity contribution >= 4 is 21.7 Å². The average molecular weight is 314 g/mol. The van der Waals surface area contributed by atoms with Crippen LogP contribution < -0.4 is 4.72 Å². The first kappa shape index (κ1) is 16.4. The molecule has 0 radical (unpaired) electrons. The summed E-state index contributed by atoms with van der Waals surface area (Å²) >= 11 is 0. The fourth-order valence-corrected chi connectivity index (χ4v) is 2.58. The second-order valence-electron chi connectivity index (χ2n) is 3.83. The number of rotatable bonds is 6. The predicted molar refractivity (Wildman–Crippen MR) is 70.0 cm³/mol. The molecular weight excluding hydrogens is 304 g/mol. The van der Waals surface area contributed by atoms with Crippen molar-refractivity contribution in [3.8, 4) is 18.1 Å². The van der Waals surface area contributed by atoms with E-state index in [1.165, 1.54) is 0 Å². The molecule has 0 bridgehead atoms. The maximum atomic E-state index is 12.0.